The van der Waals surface area contributed by atoms with Crippen molar-refractivity contribution in [2.45, 2.75) is 0 Å². The Morgan fingerprint density at radius 1 is 1.08 bits per heavy atom. The third-order valence-corrected chi connectivity index (χ3v) is 4.23. The van der Waals surface area contributed by atoms with Crippen LogP contribution in [0.1, 0.15) is 20.7 Å². The van der Waals surface area contributed by atoms with Crippen LogP contribution in [0.2, 0.25) is 0 Å². The minimum atomic E-state index is -1.11. The van der Waals surface area contributed by atoms with Crippen LogP contribution < -0.4 is 5.56 Å². The normalized spacial score (nSPS) is 11.0. The lowest BCUT2D eigenvalue weighted by atomic mass is 9.99. The first-order valence-electron chi connectivity index (χ1n) is 7.54. The van der Waals surface area contributed by atoms with Gasteiger partial charge in [-0.15, -0.1) is 0 Å². The molecule has 0 amide bonds. The van der Waals surface area contributed by atoms with Crippen molar-refractivity contribution in [1.29, 1.82) is 0 Å². The molecular formula is C19H12N2O4. The average molecular weight is 332 g/mol. The van der Waals surface area contributed by atoms with Gasteiger partial charge in [0.25, 0.3) is 5.56 Å². The van der Waals surface area contributed by atoms with E-state index >= 15 is 0 Å². The number of hydrogen-bond acceptors (Lipinski definition) is 3. The number of rotatable bonds is 3. The number of carboxylic acids is 1. The second-order valence-electron chi connectivity index (χ2n) is 5.72. The maximum atomic E-state index is 12.1. The zero-order valence-electron chi connectivity index (χ0n) is 12.9. The lowest BCUT2D eigenvalue weighted by molar-refractivity contribution is 0.0699. The first-order chi connectivity index (χ1) is 12.1. The first-order valence-corrected chi connectivity index (χ1v) is 7.54. The number of nitrogens with one attached hydrogen (secondary N) is 2. The van der Waals surface area contributed by atoms with Crippen LogP contribution in [0.15, 0.2) is 53.5 Å². The van der Waals surface area contributed by atoms with E-state index in [2.05, 4.69) is 9.97 Å². The summed E-state index contributed by atoms with van der Waals surface area (Å²) in [6.45, 7) is 0. The summed E-state index contributed by atoms with van der Waals surface area (Å²) >= 11 is 0. The Balaban J connectivity index is 2.07. The molecule has 3 N–H and O–H groups in total. The molecule has 0 saturated heterocycles. The molecule has 0 spiro atoms. The Kier molecular flexibility index (Phi) is 3.25. The van der Waals surface area contributed by atoms with Crippen molar-refractivity contribution in [3.63, 3.8) is 0 Å². The van der Waals surface area contributed by atoms with Gasteiger partial charge in [0.05, 0.1) is 5.56 Å². The summed E-state index contributed by atoms with van der Waals surface area (Å²) in [6.07, 6.45) is 2.09. The van der Waals surface area contributed by atoms with Gasteiger partial charge in [-0.25, -0.2) is 4.79 Å². The van der Waals surface area contributed by atoms with Crippen LogP contribution in [0.3, 0.4) is 0 Å². The molecule has 0 bridgehead atoms. The number of fused-ring (bicyclic) bond motifs is 3. The minimum Gasteiger partial charge on any atom is -0.478 e. The highest BCUT2D eigenvalue weighted by molar-refractivity contribution is 6.15. The predicted octanol–water partition coefficient (Wildman–Crippen LogP) is 3.19. The van der Waals surface area contributed by atoms with Gasteiger partial charge < -0.3 is 15.1 Å². The minimum absolute atomic E-state index is 0.0462. The molecule has 0 unspecified atom stereocenters. The van der Waals surface area contributed by atoms with Gasteiger partial charge in [0, 0.05) is 28.0 Å². The summed E-state index contributed by atoms with van der Waals surface area (Å²) in [5.74, 6) is -1.11. The van der Waals surface area contributed by atoms with Gasteiger partial charge >= 0.3 is 5.97 Å². The smallest absolute Gasteiger partial charge is 0.337 e. The zero-order chi connectivity index (χ0) is 17.6. The first kappa shape index (κ1) is 14.9. The van der Waals surface area contributed by atoms with Crippen molar-refractivity contribution >= 4 is 34.1 Å². The number of hydrogen-bond donors (Lipinski definition) is 3. The number of carboxylic acid groups (broad SMARTS) is 1. The Bertz CT molecular complexity index is 1220. The molecule has 6 nitrogen and oxygen atoms in total. The van der Waals surface area contributed by atoms with Crippen molar-refractivity contribution < 1.29 is 14.7 Å². The van der Waals surface area contributed by atoms with Gasteiger partial charge in [-0.3, -0.25) is 9.59 Å². The SMILES string of the molecule is O=Cc1cccc(-c2ccc3[nH]c(=O)c4[nH]cc(C(=O)O)c4c3c2)c1. The van der Waals surface area contributed by atoms with E-state index in [4.69, 9.17) is 0 Å². The summed E-state index contributed by atoms with van der Waals surface area (Å²) in [4.78, 5) is 40.1. The summed E-state index contributed by atoms with van der Waals surface area (Å²) in [5.41, 5.74) is 2.66. The van der Waals surface area contributed by atoms with Gasteiger partial charge in [-0.05, 0) is 29.3 Å². The Labute approximate surface area is 140 Å². The number of aromatic amines is 2. The van der Waals surface area contributed by atoms with E-state index in [-0.39, 0.29) is 16.6 Å². The largest absolute Gasteiger partial charge is 0.478 e. The Morgan fingerprint density at radius 2 is 1.88 bits per heavy atom. The highest BCUT2D eigenvalue weighted by atomic mass is 16.4. The number of carbonyl (C=O) groups excluding carboxylic acids is 1. The second-order valence-corrected chi connectivity index (χ2v) is 5.72. The fraction of sp³-hybridized carbons (Fsp3) is 0. The van der Waals surface area contributed by atoms with Gasteiger partial charge in [0.2, 0.25) is 0 Å². The van der Waals surface area contributed by atoms with E-state index in [1.807, 2.05) is 18.2 Å². The van der Waals surface area contributed by atoms with Crippen LogP contribution >= 0.6 is 0 Å². The van der Waals surface area contributed by atoms with E-state index in [9.17, 15) is 19.5 Å². The number of aldehydes is 1. The standard InChI is InChI=1S/C19H12N2O4/c22-9-10-2-1-3-11(6-10)12-4-5-15-13(7-12)16-14(19(24)25)8-20-17(16)18(23)21-15/h1-9,20H,(H,21,23)(H,24,25). The quantitative estimate of drug-likeness (QED) is 0.501. The lowest BCUT2D eigenvalue weighted by Crippen LogP contribution is -2.07. The molecule has 0 aliphatic heterocycles. The van der Waals surface area contributed by atoms with Gasteiger partial charge in [0.1, 0.15) is 11.8 Å². The van der Waals surface area contributed by atoms with Gasteiger partial charge in [-0.1, -0.05) is 24.3 Å². The van der Waals surface area contributed by atoms with Crippen molar-refractivity contribution in [2.24, 2.45) is 0 Å². The van der Waals surface area contributed by atoms with Crippen LogP contribution in [0.25, 0.3) is 32.9 Å². The molecule has 0 saturated carbocycles. The van der Waals surface area contributed by atoms with Crippen LogP contribution in [0.5, 0.6) is 0 Å². The Hall–Kier alpha value is -3.67. The summed E-state index contributed by atoms with van der Waals surface area (Å²) in [7, 11) is 0. The fourth-order valence-corrected chi connectivity index (χ4v) is 3.07. The van der Waals surface area contributed by atoms with Crippen molar-refractivity contribution in [2.75, 3.05) is 0 Å². The second kappa shape index (κ2) is 5.45. The molecule has 0 aliphatic carbocycles. The number of aromatic nitrogens is 2. The molecule has 4 aromatic rings. The van der Waals surface area contributed by atoms with E-state index in [1.54, 1.807) is 24.3 Å². The summed E-state index contributed by atoms with van der Waals surface area (Å²) in [6, 6.07) is 12.5. The van der Waals surface area contributed by atoms with Crippen LogP contribution in [-0.2, 0) is 0 Å². The highest BCUT2D eigenvalue weighted by Gasteiger charge is 2.16. The van der Waals surface area contributed by atoms with Crippen molar-refractivity contribution in [3.05, 3.63) is 70.1 Å². The Morgan fingerprint density at radius 3 is 2.64 bits per heavy atom. The molecule has 2 aromatic heterocycles. The maximum Gasteiger partial charge on any atom is 0.337 e. The van der Waals surface area contributed by atoms with Gasteiger partial charge in [-0.2, -0.15) is 0 Å². The third-order valence-electron chi connectivity index (χ3n) is 4.23. The van der Waals surface area contributed by atoms with Crippen LogP contribution in [0, 0.1) is 0 Å². The third kappa shape index (κ3) is 2.31. The molecule has 2 heterocycles. The predicted molar refractivity (Wildman–Crippen MR) is 94.2 cm³/mol. The van der Waals surface area contributed by atoms with E-state index < -0.39 is 5.97 Å². The molecule has 122 valence electrons. The molecule has 2 aromatic carbocycles. The number of benzene rings is 2. The lowest BCUT2D eigenvalue weighted by Gasteiger charge is -2.06. The van der Waals surface area contributed by atoms with E-state index in [0.29, 0.717) is 21.9 Å². The number of pyridine rings is 1. The summed E-state index contributed by atoms with van der Waals surface area (Å²) in [5, 5.41) is 10.4. The van der Waals surface area contributed by atoms with Crippen molar-refractivity contribution in [1.82, 2.24) is 9.97 Å². The van der Waals surface area contributed by atoms with Gasteiger partial charge in [0.15, 0.2) is 0 Å². The van der Waals surface area contributed by atoms with Crippen LogP contribution in [-0.4, -0.2) is 27.3 Å². The van der Waals surface area contributed by atoms with Crippen molar-refractivity contribution in [3.8, 4) is 11.1 Å². The molecule has 0 fully saturated rings. The number of carbonyl (C=O) groups is 2. The molecular weight excluding hydrogens is 320 g/mol. The monoisotopic (exact) mass is 332 g/mol. The molecule has 0 aliphatic rings. The molecule has 0 radical (unpaired) electrons. The molecule has 6 heteroatoms. The number of aromatic carboxylic acids is 1. The average Bonchev–Trinajstić information content (AvgIpc) is 3.08. The molecule has 0 atom stereocenters. The zero-order valence-corrected chi connectivity index (χ0v) is 12.9. The molecule has 25 heavy (non-hydrogen) atoms. The van der Waals surface area contributed by atoms with E-state index in [0.717, 1.165) is 17.4 Å². The van der Waals surface area contributed by atoms with E-state index in [1.165, 1.54) is 6.20 Å². The highest BCUT2D eigenvalue weighted by Crippen LogP contribution is 2.29. The topological polar surface area (TPSA) is 103 Å². The summed E-state index contributed by atoms with van der Waals surface area (Å²) < 4.78 is 0. The number of H-pyrrole nitrogens is 2. The maximum absolute atomic E-state index is 12.1. The van der Waals surface area contributed by atoms with Crippen LogP contribution in [0.4, 0.5) is 0 Å². The fourth-order valence-electron chi connectivity index (χ4n) is 3.07. The molecule has 4 rings (SSSR count).